The van der Waals surface area contributed by atoms with Gasteiger partial charge in [-0.1, -0.05) is 6.07 Å². The third-order valence-electron chi connectivity index (χ3n) is 2.89. The van der Waals surface area contributed by atoms with E-state index in [1.165, 1.54) is 12.1 Å². The first-order chi connectivity index (χ1) is 8.10. The van der Waals surface area contributed by atoms with Gasteiger partial charge in [0.25, 0.3) is 5.91 Å². The summed E-state index contributed by atoms with van der Waals surface area (Å²) in [6, 6.07) is 6.26. The van der Waals surface area contributed by atoms with Crippen molar-refractivity contribution in [3.8, 4) is 5.75 Å². The first-order valence-electron chi connectivity index (χ1n) is 5.64. The second-order valence-corrected chi connectivity index (χ2v) is 4.32. The summed E-state index contributed by atoms with van der Waals surface area (Å²) in [5.41, 5.74) is -0.877. The standard InChI is InChI=1S/C12H16N2O3/c15-10-4-1-3-9(7-10)14-11(16)12(17)5-2-6-13-8-12/h1,3-4,7,13,15,17H,2,5-6,8H2,(H,14,16). The lowest BCUT2D eigenvalue weighted by Gasteiger charge is -2.31. The van der Waals surface area contributed by atoms with Crippen molar-refractivity contribution in [3.05, 3.63) is 24.3 Å². The first-order valence-corrected chi connectivity index (χ1v) is 5.64. The number of amides is 1. The summed E-state index contributed by atoms with van der Waals surface area (Å²) < 4.78 is 0. The smallest absolute Gasteiger partial charge is 0.257 e. The van der Waals surface area contributed by atoms with Crippen LogP contribution in [0, 0.1) is 0 Å². The number of rotatable bonds is 2. The van der Waals surface area contributed by atoms with Crippen LogP contribution in [0.3, 0.4) is 0 Å². The van der Waals surface area contributed by atoms with Crippen molar-refractivity contribution in [1.82, 2.24) is 5.32 Å². The minimum Gasteiger partial charge on any atom is -0.508 e. The predicted octanol–water partition coefficient (Wildman–Crippen LogP) is 0.445. The normalized spacial score (nSPS) is 24.3. The van der Waals surface area contributed by atoms with Crippen LogP contribution in [0.2, 0.25) is 0 Å². The highest BCUT2D eigenvalue weighted by atomic mass is 16.3. The third kappa shape index (κ3) is 2.75. The average molecular weight is 236 g/mol. The summed E-state index contributed by atoms with van der Waals surface area (Å²) in [6.45, 7) is 1.08. The maximum atomic E-state index is 11.9. The van der Waals surface area contributed by atoms with Crippen LogP contribution in [0.4, 0.5) is 5.69 Å². The molecule has 0 bridgehead atoms. The summed E-state index contributed by atoms with van der Waals surface area (Å²) in [5.74, 6) is -0.355. The molecule has 5 heteroatoms. The zero-order valence-electron chi connectivity index (χ0n) is 9.44. The SMILES string of the molecule is O=C(Nc1cccc(O)c1)C1(O)CCCNC1. The zero-order valence-corrected chi connectivity index (χ0v) is 9.44. The van der Waals surface area contributed by atoms with Crippen LogP contribution in [0.5, 0.6) is 5.75 Å². The quantitative estimate of drug-likeness (QED) is 0.601. The maximum Gasteiger partial charge on any atom is 0.257 e. The van der Waals surface area contributed by atoms with Crippen molar-refractivity contribution in [1.29, 1.82) is 0 Å². The molecule has 0 aromatic heterocycles. The van der Waals surface area contributed by atoms with Gasteiger partial charge in [0.05, 0.1) is 0 Å². The van der Waals surface area contributed by atoms with E-state index in [2.05, 4.69) is 10.6 Å². The van der Waals surface area contributed by atoms with E-state index in [-0.39, 0.29) is 12.3 Å². The Hall–Kier alpha value is -1.59. The van der Waals surface area contributed by atoms with Gasteiger partial charge in [0.2, 0.25) is 0 Å². The number of aromatic hydroxyl groups is 1. The molecule has 2 rings (SSSR count). The number of piperidine rings is 1. The van der Waals surface area contributed by atoms with Gasteiger partial charge in [-0.2, -0.15) is 0 Å². The highest BCUT2D eigenvalue weighted by molar-refractivity contribution is 5.97. The summed E-state index contributed by atoms with van der Waals surface area (Å²) in [5, 5.41) is 25.0. The van der Waals surface area contributed by atoms with Gasteiger partial charge in [0.15, 0.2) is 5.60 Å². The Morgan fingerprint density at radius 3 is 2.94 bits per heavy atom. The fourth-order valence-corrected chi connectivity index (χ4v) is 1.91. The van der Waals surface area contributed by atoms with Gasteiger partial charge in [-0.3, -0.25) is 4.79 Å². The topological polar surface area (TPSA) is 81.6 Å². The van der Waals surface area contributed by atoms with Crippen LogP contribution in [-0.2, 0) is 4.79 Å². The van der Waals surface area contributed by atoms with Crippen LogP contribution in [-0.4, -0.2) is 34.8 Å². The third-order valence-corrected chi connectivity index (χ3v) is 2.89. The number of benzene rings is 1. The summed E-state index contributed by atoms with van der Waals surface area (Å²) in [7, 11) is 0. The van der Waals surface area contributed by atoms with E-state index >= 15 is 0 Å². The van der Waals surface area contributed by atoms with Gasteiger partial charge in [0, 0.05) is 18.3 Å². The maximum absolute atomic E-state index is 11.9. The number of anilines is 1. The molecule has 1 unspecified atom stereocenters. The first kappa shape index (κ1) is 11.9. The molecule has 92 valence electrons. The molecule has 1 aromatic rings. The number of hydrogen-bond acceptors (Lipinski definition) is 4. The fraction of sp³-hybridized carbons (Fsp3) is 0.417. The number of nitrogens with one attached hydrogen (secondary N) is 2. The Morgan fingerprint density at radius 2 is 2.29 bits per heavy atom. The molecule has 4 N–H and O–H groups in total. The second kappa shape index (κ2) is 4.73. The van der Waals surface area contributed by atoms with Crippen molar-refractivity contribution in [2.75, 3.05) is 18.4 Å². The Balaban J connectivity index is 2.05. The molecule has 1 aliphatic rings. The lowest BCUT2D eigenvalue weighted by atomic mass is 9.93. The molecule has 1 atom stereocenters. The van der Waals surface area contributed by atoms with Crippen LogP contribution in [0.15, 0.2) is 24.3 Å². The lowest BCUT2D eigenvalue weighted by Crippen LogP contribution is -2.53. The summed E-state index contributed by atoms with van der Waals surface area (Å²) in [6.07, 6.45) is 1.22. The molecule has 1 amide bonds. The van der Waals surface area contributed by atoms with Gasteiger partial charge in [-0.25, -0.2) is 0 Å². The highest BCUT2D eigenvalue weighted by Gasteiger charge is 2.37. The van der Waals surface area contributed by atoms with Crippen molar-refractivity contribution in [2.24, 2.45) is 0 Å². The Labute approximate surface area is 99.5 Å². The van der Waals surface area contributed by atoms with Crippen LogP contribution >= 0.6 is 0 Å². The van der Waals surface area contributed by atoms with E-state index in [4.69, 9.17) is 0 Å². The van der Waals surface area contributed by atoms with E-state index in [1.807, 2.05) is 0 Å². The Kier molecular flexibility index (Phi) is 3.31. The molecule has 17 heavy (non-hydrogen) atoms. The molecule has 0 saturated carbocycles. The lowest BCUT2D eigenvalue weighted by molar-refractivity contribution is -0.135. The van der Waals surface area contributed by atoms with E-state index in [1.54, 1.807) is 12.1 Å². The van der Waals surface area contributed by atoms with Gasteiger partial charge >= 0.3 is 0 Å². The summed E-state index contributed by atoms with van der Waals surface area (Å²) >= 11 is 0. The van der Waals surface area contributed by atoms with Crippen molar-refractivity contribution in [3.63, 3.8) is 0 Å². The van der Waals surface area contributed by atoms with Gasteiger partial charge < -0.3 is 20.8 Å². The van der Waals surface area contributed by atoms with Crippen LogP contribution in [0.1, 0.15) is 12.8 Å². The molecule has 1 saturated heterocycles. The Bertz CT molecular complexity index is 414. The van der Waals surface area contributed by atoms with Gasteiger partial charge in [-0.05, 0) is 31.5 Å². The predicted molar refractivity (Wildman–Crippen MR) is 63.8 cm³/mol. The minimum absolute atomic E-state index is 0.0801. The summed E-state index contributed by atoms with van der Waals surface area (Å²) in [4.78, 5) is 11.9. The van der Waals surface area contributed by atoms with E-state index in [9.17, 15) is 15.0 Å². The number of phenols is 1. The van der Waals surface area contributed by atoms with E-state index < -0.39 is 11.5 Å². The number of carbonyl (C=O) groups excluding carboxylic acids is 1. The number of phenolic OH excluding ortho intramolecular Hbond substituents is 1. The van der Waals surface area contributed by atoms with E-state index in [0.717, 1.165) is 13.0 Å². The monoisotopic (exact) mass is 236 g/mol. The average Bonchev–Trinajstić information content (AvgIpc) is 2.30. The number of hydrogen-bond donors (Lipinski definition) is 4. The highest BCUT2D eigenvalue weighted by Crippen LogP contribution is 2.20. The number of β-amino-alcohol motifs (C(OH)–C–C–N with tert-alkyl or cyclic N) is 1. The molecule has 1 aliphatic heterocycles. The van der Waals surface area contributed by atoms with Crippen molar-refractivity contribution in [2.45, 2.75) is 18.4 Å². The zero-order chi connectivity index (χ0) is 12.3. The van der Waals surface area contributed by atoms with Crippen LogP contribution < -0.4 is 10.6 Å². The fourth-order valence-electron chi connectivity index (χ4n) is 1.91. The Morgan fingerprint density at radius 1 is 1.47 bits per heavy atom. The van der Waals surface area contributed by atoms with Gasteiger partial charge in [-0.15, -0.1) is 0 Å². The van der Waals surface area contributed by atoms with E-state index in [0.29, 0.717) is 12.1 Å². The molecule has 0 spiro atoms. The minimum atomic E-state index is -1.36. The molecule has 5 nitrogen and oxygen atoms in total. The molecule has 0 aliphatic carbocycles. The number of carbonyl (C=O) groups is 1. The molecule has 1 aromatic carbocycles. The molecule has 1 heterocycles. The molecule has 1 fully saturated rings. The number of aliphatic hydroxyl groups is 1. The second-order valence-electron chi connectivity index (χ2n) is 4.32. The molecule has 0 radical (unpaired) electrons. The molecular formula is C12H16N2O3. The van der Waals surface area contributed by atoms with Crippen molar-refractivity contribution < 1.29 is 15.0 Å². The largest absolute Gasteiger partial charge is 0.508 e. The van der Waals surface area contributed by atoms with Crippen molar-refractivity contribution >= 4 is 11.6 Å². The van der Waals surface area contributed by atoms with Crippen LogP contribution in [0.25, 0.3) is 0 Å². The molecular weight excluding hydrogens is 220 g/mol. The van der Waals surface area contributed by atoms with Gasteiger partial charge in [0.1, 0.15) is 5.75 Å².